The first-order valence-electron chi connectivity index (χ1n) is 5.48. The molecule has 0 saturated carbocycles. The number of hydrogen-bond acceptors (Lipinski definition) is 9. The number of aliphatic hydroxyl groups excluding tert-OH is 2. The van der Waals surface area contributed by atoms with E-state index in [0.29, 0.717) is 0 Å². The van der Waals surface area contributed by atoms with Crippen LogP contribution in [0.15, 0.2) is 43.5 Å². The standard InChI is InChI=1S/2C6H6O4.O.V/c2*7-1-4-2-10-3-5(8)6(4)9;;/h2*2-3,7-8H,1H2;;. The third-order valence-electron chi connectivity index (χ3n) is 2.17. The van der Waals surface area contributed by atoms with Gasteiger partial charge < -0.3 is 29.3 Å². The molecule has 4 N–H and O–H groups in total. The first kappa shape index (κ1) is 19.8. The predicted octanol–water partition coefficient (Wildman–Crippen LogP) is -0.446. The summed E-state index contributed by atoms with van der Waals surface area (Å²) in [5.41, 5.74) is -1.07. The Morgan fingerprint density at radius 2 is 1.09 bits per heavy atom. The summed E-state index contributed by atoms with van der Waals surface area (Å²) >= 11 is 1.06. The summed E-state index contributed by atoms with van der Waals surface area (Å²) in [6, 6.07) is 0. The Kier molecular flexibility index (Phi) is 9.47. The molecule has 0 spiro atoms. The molecule has 0 fully saturated rings. The van der Waals surface area contributed by atoms with E-state index in [2.05, 4.69) is 8.83 Å². The van der Waals surface area contributed by atoms with Crippen molar-refractivity contribution >= 4 is 0 Å². The van der Waals surface area contributed by atoms with Crippen LogP contribution >= 0.6 is 0 Å². The van der Waals surface area contributed by atoms with Crippen molar-refractivity contribution in [2.24, 2.45) is 0 Å². The van der Waals surface area contributed by atoms with Crippen molar-refractivity contribution in [2.75, 3.05) is 0 Å². The van der Waals surface area contributed by atoms with Crippen LogP contribution in [0.3, 0.4) is 0 Å². The van der Waals surface area contributed by atoms with Crippen LogP contribution in [0.1, 0.15) is 11.1 Å². The molecular weight excluding hydrogens is 339 g/mol. The van der Waals surface area contributed by atoms with Crippen LogP contribution in [-0.2, 0) is 34.3 Å². The Morgan fingerprint density at radius 1 is 0.773 bits per heavy atom. The van der Waals surface area contributed by atoms with Crippen molar-refractivity contribution in [2.45, 2.75) is 13.2 Å². The van der Waals surface area contributed by atoms with Crippen molar-refractivity contribution in [3.63, 3.8) is 0 Å². The van der Waals surface area contributed by atoms with Crippen LogP contribution in [-0.4, -0.2) is 20.4 Å². The molecule has 0 aliphatic carbocycles. The van der Waals surface area contributed by atoms with Gasteiger partial charge in [-0.15, -0.1) is 0 Å². The average molecular weight is 351 g/mol. The second-order valence-corrected chi connectivity index (χ2v) is 3.54. The first-order valence-corrected chi connectivity index (χ1v) is 6.05. The van der Waals surface area contributed by atoms with E-state index in [9.17, 15) is 9.59 Å². The molecule has 119 valence electrons. The van der Waals surface area contributed by atoms with Gasteiger partial charge in [0.15, 0.2) is 11.5 Å². The summed E-state index contributed by atoms with van der Waals surface area (Å²) in [5, 5.41) is 34.4. The molecule has 2 aromatic heterocycles. The van der Waals surface area contributed by atoms with Crippen molar-refractivity contribution in [3.05, 3.63) is 56.6 Å². The average Bonchev–Trinajstić information content (AvgIpc) is 2.55. The number of rotatable bonds is 2. The van der Waals surface area contributed by atoms with Gasteiger partial charge in [0.05, 0.1) is 36.9 Å². The maximum atomic E-state index is 10.7. The van der Waals surface area contributed by atoms with Gasteiger partial charge in [0.25, 0.3) is 0 Å². The zero-order valence-electron chi connectivity index (χ0n) is 11.0. The number of hydrogen-bond donors (Lipinski definition) is 4. The summed E-state index contributed by atoms with van der Waals surface area (Å²) in [6.45, 7) is -0.840. The van der Waals surface area contributed by atoms with Crippen molar-refractivity contribution in [3.8, 4) is 11.5 Å². The number of aliphatic hydroxyl groups is 2. The third kappa shape index (κ3) is 5.66. The number of aromatic hydroxyl groups is 2. The van der Waals surface area contributed by atoms with Gasteiger partial charge in [-0.2, -0.15) is 0 Å². The fourth-order valence-corrected chi connectivity index (χ4v) is 1.12. The van der Waals surface area contributed by atoms with Gasteiger partial charge in [0.1, 0.15) is 12.5 Å². The van der Waals surface area contributed by atoms with Gasteiger partial charge >= 0.3 is 21.0 Å². The molecule has 10 heteroatoms. The molecule has 0 atom stereocenters. The van der Waals surface area contributed by atoms with Crippen molar-refractivity contribution < 1.29 is 50.3 Å². The fraction of sp³-hybridized carbons (Fsp3) is 0.167. The normalized spacial score (nSPS) is 8.95. The van der Waals surface area contributed by atoms with E-state index in [-0.39, 0.29) is 11.1 Å². The quantitative estimate of drug-likeness (QED) is 0.562. The summed E-state index contributed by atoms with van der Waals surface area (Å²) in [4.78, 5) is 21.5. The minimum atomic E-state index is -0.589. The van der Waals surface area contributed by atoms with Crippen molar-refractivity contribution in [1.82, 2.24) is 0 Å². The molecule has 2 aromatic rings. The van der Waals surface area contributed by atoms with E-state index < -0.39 is 35.6 Å². The second kappa shape index (κ2) is 10.5. The molecule has 0 bridgehead atoms. The van der Waals surface area contributed by atoms with Crippen LogP contribution < -0.4 is 10.9 Å². The summed E-state index contributed by atoms with van der Waals surface area (Å²) in [5.74, 6) is -0.960. The van der Waals surface area contributed by atoms with Crippen LogP contribution in [0.2, 0.25) is 0 Å². The Balaban J connectivity index is 0.000000360. The molecule has 9 nitrogen and oxygen atoms in total. The van der Waals surface area contributed by atoms with Gasteiger partial charge in [-0.3, -0.25) is 9.59 Å². The Hall–Kier alpha value is -2.20. The van der Waals surface area contributed by atoms with Crippen LogP contribution in [0, 0.1) is 0 Å². The Morgan fingerprint density at radius 3 is 1.32 bits per heavy atom. The van der Waals surface area contributed by atoms with E-state index in [1.807, 2.05) is 0 Å². The van der Waals surface area contributed by atoms with Gasteiger partial charge in [-0.05, 0) is 0 Å². The molecule has 0 unspecified atom stereocenters. The Bertz CT molecular complexity index is 632. The van der Waals surface area contributed by atoms with Gasteiger partial charge in [-0.25, -0.2) is 0 Å². The van der Waals surface area contributed by atoms with E-state index >= 15 is 0 Å². The van der Waals surface area contributed by atoms with Crippen LogP contribution in [0.5, 0.6) is 11.5 Å². The van der Waals surface area contributed by atoms with Gasteiger partial charge in [0, 0.05) is 0 Å². The second-order valence-electron chi connectivity index (χ2n) is 3.54. The molecule has 0 aliphatic rings. The van der Waals surface area contributed by atoms with Crippen molar-refractivity contribution in [1.29, 1.82) is 0 Å². The SMILES string of the molecule is O=c1c(O)cocc1CO.O=c1c(O)cocc1CO.[O]=[V]. The molecule has 2 rings (SSSR count). The van der Waals surface area contributed by atoms with E-state index in [1.54, 1.807) is 0 Å². The molecule has 2 heterocycles. The summed E-state index contributed by atoms with van der Waals surface area (Å²) in [7, 11) is 0. The van der Waals surface area contributed by atoms with E-state index in [0.717, 1.165) is 42.4 Å². The molecule has 0 amide bonds. The Labute approximate surface area is 132 Å². The molecular formula is C12H12O9V. The predicted molar refractivity (Wildman–Crippen MR) is 65.8 cm³/mol. The van der Waals surface area contributed by atoms with E-state index in [4.69, 9.17) is 24.1 Å². The van der Waals surface area contributed by atoms with Gasteiger partial charge in [0.2, 0.25) is 10.9 Å². The van der Waals surface area contributed by atoms with Crippen LogP contribution in [0.25, 0.3) is 0 Å². The van der Waals surface area contributed by atoms with Gasteiger partial charge in [-0.1, -0.05) is 0 Å². The van der Waals surface area contributed by atoms with E-state index in [1.165, 1.54) is 0 Å². The topological polar surface area (TPSA) is 158 Å². The molecule has 0 aliphatic heterocycles. The molecule has 0 aromatic carbocycles. The molecule has 0 radical (unpaired) electrons. The molecule has 0 saturated heterocycles. The zero-order chi connectivity index (χ0) is 17.1. The zero-order valence-corrected chi connectivity index (χ0v) is 12.4. The maximum absolute atomic E-state index is 10.7. The third-order valence-corrected chi connectivity index (χ3v) is 2.17. The minimum absolute atomic E-state index is 0.0556. The summed E-state index contributed by atoms with van der Waals surface area (Å²) in [6.07, 6.45) is 4.03. The monoisotopic (exact) mass is 351 g/mol. The summed E-state index contributed by atoms with van der Waals surface area (Å²) < 4.78 is 17.2. The first-order chi connectivity index (χ1) is 10.5. The van der Waals surface area contributed by atoms with Crippen LogP contribution in [0.4, 0.5) is 0 Å². The fourth-order valence-electron chi connectivity index (χ4n) is 1.12. The molecule has 22 heavy (non-hydrogen) atoms.